The van der Waals surface area contributed by atoms with Gasteiger partial charge >= 0.3 is 0 Å². The van der Waals surface area contributed by atoms with Crippen molar-refractivity contribution in [2.75, 3.05) is 14.1 Å². The largest absolute Gasteiger partial charge is 0.330 e. The number of nitrogens with zero attached hydrogens (tertiary/aromatic N) is 2. The fraction of sp³-hybridized carbons (Fsp3) is 0.250. The third-order valence-corrected chi connectivity index (χ3v) is 7.08. The van der Waals surface area contributed by atoms with E-state index in [2.05, 4.69) is 0 Å². The van der Waals surface area contributed by atoms with Gasteiger partial charge in [0.2, 0.25) is 9.84 Å². The summed E-state index contributed by atoms with van der Waals surface area (Å²) < 4.78 is 28.2. The summed E-state index contributed by atoms with van der Waals surface area (Å²) in [6, 6.07) is 11.1. The zero-order valence-electron chi connectivity index (χ0n) is 12.7. The predicted octanol–water partition coefficient (Wildman–Crippen LogP) is 3.62. The van der Waals surface area contributed by atoms with Crippen LogP contribution in [-0.2, 0) is 9.84 Å². The zero-order valence-corrected chi connectivity index (χ0v) is 14.4. The zero-order chi connectivity index (χ0) is 15.9. The molecule has 116 valence electrons. The van der Waals surface area contributed by atoms with E-state index in [1.165, 1.54) is 11.3 Å². The highest BCUT2D eigenvalue weighted by Crippen LogP contribution is 2.33. The first-order valence-corrected chi connectivity index (χ1v) is 9.34. The number of hydrogen-bond donors (Lipinski definition) is 0. The molecular formula is C16H18N2O2S2. The first kappa shape index (κ1) is 15.3. The molecule has 3 aromatic rings. The lowest BCUT2D eigenvalue weighted by Gasteiger charge is -2.22. The molecule has 6 heteroatoms. The molecule has 0 saturated heterocycles. The Morgan fingerprint density at radius 2 is 1.86 bits per heavy atom. The van der Waals surface area contributed by atoms with Crippen molar-refractivity contribution in [3.05, 3.63) is 48.0 Å². The number of rotatable bonds is 4. The van der Waals surface area contributed by atoms with Crippen LogP contribution in [0.3, 0.4) is 0 Å². The number of para-hydroxylation sites is 1. The van der Waals surface area contributed by atoms with Gasteiger partial charge in [0, 0.05) is 11.6 Å². The van der Waals surface area contributed by atoms with Crippen molar-refractivity contribution in [1.29, 1.82) is 0 Å². The molecule has 1 atom stereocenters. The highest BCUT2D eigenvalue weighted by molar-refractivity contribution is 7.93. The molecule has 2 heterocycles. The van der Waals surface area contributed by atoms with Gasteiger partial charge in [-0.15, -0.1) is 11.3 Å². The second-order valence-corrected chi connectivity index (χ2v) is 8.54. The van der Waals surface area contributed by atoms with Crippen molar-refractivity contribution in [2.45, 2.75) is 22.2 Å². The van der Waals surface area contributed by atoms with Gasteiger partial charge in [-0.1, -0.05) is 24.3 Å². The van der Waals surface area contributed by atoms with Gasteiger partial charge in [-0.3, -0.25) is 4.90 Å². The summed E-state index contributed by atoms with van der Waals surface area (Å²) in [6.45, 7) is 2.05. The molecule has 0 saturated carbocycles. The van der Waals surface area contributed by atoms with Crippen molar-refractivity contribution in [3.63, 3.8) is 0 Å². The molecule has 0 aliphatic rings. The Hall–Kier alpha value is -1.63. The van der Waals surface area contributed by atoms with Gasteiger partial charge in [-0.2, -0.15) is 0 Å². The highest BCUT2D eigenvalue weighted by Gasteiger charge is 2.25. The molecule has 0 bridgehead atoms. The van der Waals surface area contributed by atoms with Crippen molar-refractivity contribution < 1.29 is 8.42 Å². The fourth-order valence-corrected chi connectivity index (χ4v) is 5.05. The van der Waals surface area contributed by atoms with E-state index in [0.717, 1.165) is 10.9 Å². The summed E-state index contributed by atoms with van der Waals surface area (Å²) >= 11 is 1.25. The molecule has 3 rings (SSSR count). The van der Waals surface area contributed by atoms with E-state index in [0.29, 0.717) is 9.10 Å². The number of benzene rings is 1. The van der Waals surface area contributed by atoms with Crippen molar-refractivity contribution in [1.82, 2.24) is 9.47 Å². The first-order chi connectivity index (χ1) is 10.4. The minimum absolute atomic E-state index is 0.0668. The third kappa shape index (κ3) is 2.37. The molecule has 0 fully saturated rings. The van der Waals surface area contributed by atoms with E-state index in [1.807, 2.05) is 54.8 Å². The topological polar surface area (TPSA) is 42.3 Å². The molecule has 0 spiro atoms. The van der Waals surface area contributed by atoms with Gasteiger partial charge in [0.1, 0.15) is 4.21 Å². The summed E-state index contributed by atoms with van der Waals surface area (Å²) in [5.41, 5.74) is 0.929. The van der Waals surface area contributed by atoms with E-state index in [4.69, 9.17) is 0 Å². The summed E-state index contributed by atoms with van der Waals surface area (Å²) in [6.07, 6.45) is 1.82. The van der Waals surface area contributed by atoms with Crippen LogP contribution in [-0.4, -0.2) is 32.0 Å². The molecule has 0 radical (unpaired) electrons. The van der Waals surface area contributed by atoms with Crippen LogP contribution in [0.1, 0.15) is 13.1 Å². The minimum atomic E-state index is -3.48. The first-order valence-electron chi connectivity index (χ1n) is 6.97. The lowest BCUT2D eigenvalue weighted by atomic mass is 10.2. The molecule has 4 nitrogen and oxygen atoms in total. The van der Waals surface area contributed by atoms with Gasteiger partial charge in [-0.25, -0.2) is 8.42 Å². The van der Waals surface area contributed by atoms with Crippen LogP contribution in [0, 0.1) is 0 Å². The van der Waals surface area contributed by atoms with E-state index in [-0.39, 0.29) is 6.17 Å². The Bertz CT molecular complexity index is 894. The van der Waals surface area contributed by atoms with Gasteiger partial charge in [0.05, 0.1) is 16.6 Å². The Labute approximate surface area is 134 Å². The average Bonchev–Trinajstić information content (AvgIpc) is 3.14. The molecule has 0 amide bonds. The number of thiophene rings is 1. The molecular weight excluding hydrogens is 316 g/mol. The number of sulfone groups is 1. The van der Waals surface area contributed by atoms with E-state index in [1.54, 1.807) is 23.7 Å². The molecule has 22 heavy (non-hydrogen) atoms. The number of fused-ring (bicyclic) bond motifs is 1. The SMILES string of the molecule is CC(N(C)C)n1cc(S(=O)(=O)c2cccs2)c2ccccc21. The standard InChI is InChI=1S/C16H18N2O2S2/c1-12(17(2)3)18-11-15(13-7-4-5-8-14(13)18)22(19,20)16-9-6-10-21-16/h4-12H,1-3H3. The van der Waals surface area contributed by atoms with Gasteiger partial charge in [-0.05, 0) is 38.5 Å². The van der Waals surface area contributed by atoms with Gasteiger partial charge in [0.15, 0.2) is 0 Å². The van der Waals surface area contributed by atoms with Crippen LogP contribution in [0.5, 0.6) is 0 Å². The van der Waals surface area contributed by atoms with Crippen LogP contribution in [0.4, 0.5) is 0 Å². The van der Waals surface area contributed by atoms with E-state index < -0.39 is 9.84 Å². The molecule has 2 aromatic heterocycles. The number of hydrogen-bond acceptors (Lipinski definition) is 4. The minimum Gasteiger partial charge on any atom is -0.330 e. The maximum atomic E-state index is 12.9. The Kier molecular flexibility index (Phi) is 3.84. The normalized spacial score (nSPS) is 13.8. The second-order valence-electron chi connectivity index (χ2n) is 5.45. The van der Waals surface area contributed by atoms with Crippen molar-refractivity contribution >= 4 is 32.1 Å². The average molecular weight is 334 g/mol. The lowest BCUT2D eigenvalue weighted by Crippen LogP contribution is -2.22. The summed E-state index contributed by atoms with van der Waals surface area (Å²) in [5.74, 6) is 0. The van der Waals surface area contributed by atoms with Crippen LogP contribution >= 0.6 is 11.3 Å². The molecule has 1 unspecified atom stereocenters. The maximum Gasteiger partial charge on any atom is 0.218 e. The van der Waals surface area contributed by atoms with E-state index in [9.17, 15) is 8.42 Å². The lowest BCUT2D eigenvalue weighted by molar-refractivity contribution is 0.244. The molecule has 0 aliphatic heterocycles. The van der Waals surface area contributed by atoms with Crippen LogP contribution in [0.2, 0.25) is 0 Å². The Balaban J connectivity index is 2.28. The van der Waals surface area contributed by atoms with Crippen LogP contribution < -0.4 is 0 Å². The Morgan fingerprint density at radius 1 is 1.14 bits per heavy atom. The second kappa shape index (κ2) is 5.53. The predicted molar refractivity (Wildman–Crippen MR) is 90.1 cm³/mol. The summed E-state index contributed by atoms with van der Waals surface area (Å²) in [4.78, 5) is 2.42. The summed E-state index contributed by atoms with van der Waals surface area (Å²) in [5, 5.41) is 2.55. The van der Waals surface area contributed by atoms with Crippen LogP contribution in [0.15, 0.2) is 57.1 Å². The van der Waals surface area contributed by atoms with Crippen molar-refractivity contribution in [3.8, 4) is 0 Å². The Morgan fingerprint density at radius 3 is 2.50 bits per heavy atom. The molecule has 1 aromatic carbocycles. The smallest absolute Gasteiger partial charge is 0.218 e. The highest BCUT2D eigenvalue weighted by atomic mass is 32.2. The third-order valence-electron chi connectivity index (χ3n) is 3.90. The summed E-state index contributed by atoms with van der Waals surface area (Å²) in [7, 11) is 0.477. The molecule has 0 N–H and O–H groups in total. The van der Waals surface area contributed by atoms with Gasteiger partial charge in [0.25, 0.3) is 0 Å². The van der Waals surface area contributed by atoms with Gasteiger partial charge < -0.3 is 4.57 Å². The van der Waals surface area contributed by atoms with E-state index >= 15 is 0 Å². The molecule has 0 aliphatic carbocycles. The fourth-order valence-electron chi connectivity index (χ4n) is 2.47. The number of aromatic nitrogens is 1. The van der Waals surface area contributed by atoms with Crippen LogP contribution in [0.25, 0.3) is 10.9 Å². The van der Waals surface area contributed by atoms with Crippen molar-refractivity contribution in [2.24, 2.45) is 0 Å². The monoisotopic (exact) mass is 334 g/mol. The maximum absolute atomic E-state index is 12.9. The quantitative estimate of drug-likeness (QED) is 0.732.